The van der Waals surface area contributed by atoms with Crippen molar-refractivity contribution in [1.82, 2.24) is 15.3 Å². The third-order valence-corrected chi connectivity index (χ3v) is 6.78. The minimum atomic E-state index is -2.17. The number of amides is 1. The molecule has 3 aromatic carbocycles. The lowest BCUT2D eigenvalue weighted by Gasteiger charge is -2.34. The Balaban J connectivity index is 1.55. The Morgan fingerprint density at radius 2 is 1.91 bits per heavy atom. The average Bonchev–Trinajstić information content (AvgIpc) is 3.41. The molecule has 5 N–H and O–H groups in total. The predicted molar refractivity (Wildman–Crippen MR) is 125 cm³/mol. The Hall–Kier alpha value is -4.17. The third-order valence-electron chi connectivity index (χ3n) is 6.78. The summed E-state index contributed by atoms with van der Waals surface area (Å²) in [6.07, 6.45) is 0. The van der Waals surface area contributed by atoms with E-state index in [1.807, 2.05) is 32.0 Å². The van der Waals surface area contributed by atoms with Crippen LogP contribution in [0.5, 0.6) is 5.75 Å². The fourth-order valence-corrected chi connectivity index (χ4v) is 5.04. The van der Waals surface area contributed by atoms with E-state index in [-0.39, 0.29) is 28.6 Å². The van der Waals surface area contributed by atoms with Crippen LogP contribution in [-0.2, 0) is 11.3 Å². The number of hydrogen-bond donors (Lipinski definition) is 4. The number of para-hydroxylation sites is 2. The van der Waals surface area contributed by atoms with Gasteiger partial charge in [-0.1, -0.05) is 50.2 Å². The zero-order valence-electron chi connectivity index (χ0n) is 18.5. The maximum absolute atomic E-state index is 14.0. The highest BCUT2D eigenvalue weighted by atomic mass is 16.6. The van der Waals surface area contributed by atoms with Gasteiger partial charge in [0.2, 0.25) is 11.3 Å². The van der Waals surface area contributed by atoms with E-state index in [2.05, 4.69) is 15.3 Å². The molecule has 170 valence electrons. The molecule has 34 heavy (non-hydrogen) atoms. The summed E-state index contributed by atoms with van der Waals surface area (Å²) in [7, 11) is 0. The highest BCUT2D eigenvalue weighted by Crippen LogP contribution is 2.59. The van der Waals surface area contributed by atoms with Crippen LogP contribution >= 0.6 is 0 Å². The molecule has 0 saturated heterocycles. The van der Waals surface area contributed by atoms with E-state index >= 15 is 0 Å². The SMILES string of the molecule is CC(C)c1ccc2c(c1)OC1(O)c3cccc(N)c3C(=O)C21NC(=O)c1nc2ccccc2[nH]1. The first-order valence-corrected chi connectivity index (χ1v) is 11.0. The van der Waals surface area contributed by atoms with Gasteiger partial charge in [0.15, 0.2) is 5.82 Å². The number of Topliss-reactive ketones (excluding diaryl/α,β-unsaturated/α-hetero) is 1. The van der Waals surface area contributed by atoms with Crippen molar-refractivity contribution in [2.75, 3.05) is 5.73 Å². The van der Waals surface area contributed by atoms with Crippen LogP contribution in [0.4, 0.5) is 5.69 Å². The number of nitrogen functional groups attached to an aromatic ring is 1. The van der Waals surface area contributed by atoms with Gasteiger partial charge in [0.25, 0.3) is 11.7 Å². The second-order valence-electron chi connectivity index (χ2n) is 9.06. The van der Waals surface area contributed by atoms with Gasteiger partial charge in [-0.25, -0.2) is 4.98 Å². The predicted octanol–water partition coefficient (Wildman–Crippen LogP) is 3.33. The lowest BCUT2D eigenvalue weighted by atomic mass is 9.82. The van der Waals surface area contributed by atoms with E-state index in [1.165, 1.54) is 0 Å². The van der Waals surface area contributed by atoms with Crippen LogP contribution in [0.25, 0.3) is 11.0 Å². The molecule has 0 fully saturated rings. The van der Waals surface area contributed by atoms with Crippen LogP contribution in [0.2, 0.25) is 0 Å². The van der Waals surface area contributed by atoms with Crippen LogP contribution < -0.4 is 15.8 Å². The number of ether oxygens (including phenoxy) is 1. The number of rotatable bonds is 3. The second-order valence-corrected chi connectivity index (χ2v) is 9.06. The fraction of sp³-hybridized carbons (Fsp3) is 0.192. The molecular formula is C26H22N4O4. The van der Waals surface area contributed by atoms with Crippen molar-refractivity contribution in [2.24, 2.45) is 0 Å². The van der Waals surface area contributed by atoms with Crippen molar-refractivity contribution in [3.63, 3.8) is 0 Å². The van der Waals surface area contributed by atoms with Crippen LogP contribution in [-0.4, -0.2) is 26.8 Å². The molecular weight excluding hydrogens is 432 g/mol. The fourth-order valence-electron chi connectivity index (χ4n) is 5.04. The molecule has 2 atom stereocenters. The average molecular weight is 454 g/mol. The lowest BCUT2D eigenvalue weighted by molar-refractivity contribution is -0.169. The summed E-state index contributed by atoms with van der Waals surface area (Å²) in [6.45, 7) is 4.07. The number of nitrogens with two attached hydrogens (primary N) is 1. The number of H-pyrrole nitrogens is 1. The number of nitrogens with zero attached hydrogens (tertiary/aromatic N) is 1. The molecule has 0 radical (unpaired) electrons. The number of fused-ring (bicyclic) bond motifs is 6. The quantitative estimate of drug-likeness (QED) is 0.351. The van der Waals surface area contributed by atoms with E-state index in [1.54, 1.807) is 42.5 Å². The van der Waals surface area contributed by atoms with Gasteiger partial charge in [-0.2, -0.15) is 0 Å². The van der Waals surface area contributed by atoms with Crippen LogP contribution in [0.1, 0.15) is 57.4 Å². The molecule has 1 aromatic heterocycles. The van der Waals surface area contributed by atoms with Gasteiger partial charge < -0.3 is 25.9 Å². The first kappa shape index (κ1) is 20.4. The van der Waals surface area contributed by atoms with Crippen molar-refractivity contribution in [1.29, 1.82) is 0 Å². The first-order chi connectivity index (χ1) is 16.3. The van der Waals surface area contributed by atoms with Gasteiger partial charge in [-0.3, -0.25) is 9.59 Å². The van der Waals surface area contributed by atoms with Crippen molar-refractivity contribution in [3.8, 4) is 5.75 Å². The summed E-state index contributed by atoms with van der Waals surface area (Å²) >= 11 is 0. The normalized spacial score (nSPS) is 22.4. The largest absolute Gasteiger partial charge is 0.454 e. The van der Waals surface area contributed by atoms with E-state index in [0.717, 1.165) is 5.56 Å². The van der Waals surface area contributed by atoms with Crippen LogP contribution in [0, 0.1) is 0 Å². The van der Waals surface area contributed by atoms with Gasteiger partial charge in [-0.15, -0.1) is 0 Å². The molecule has 0 bridgehead atoms. The van der Waals surface area contributed by atoms with Crippen LogP contribution in [0.3, 0.4) is 0 Å². The van der Waals surface area contributed by atoms with Crippen molar-refractivity contribution < 1.29 is 19.4 Å². The maximum atomic E-state index is 14.0. The topological polar surface area (TPSA) is 130 Å². The summed E-state index contributed by atoms with van der Waals surface area (Å²) in [5, 5.41) is 14.8. The van der Waals surface area contributed by atoms with E-state index in [4.69, 9.17) is 10.5 Å². The number of hydrogen-bond acceptors (Lipinski definition) is 6. The number of aromatic amines is 1. The minimum Gasteiger partial charge on any atom is -0.454 e. The molecule has 2 aliphatic rings. The lowest BCUT2D eigenvalue weighted by Crippen LogP contribution is -2.60. The number of aliphatic hydroxyl groups is 1. The Bertz CT molecular complexity index is 1490. The van der Waals surface area contributed by atoms with Gasteiger partial charge in [-0.05, 0) is 35.7 Å². The molecule has 2 heterocycles. The number of ketones is 1. The Kier molecular flexibility index (Phi) is 4.01. The molecule has 1 amide bonds. The van der Waals surface area contributed by atoms with Crippen molar-refractivity contribution >= 4 is 28.4 Å². The number of imidazole rings is 1. The maximum Gasteiger partial charge on any atom is 0.288 e. The minimum absolute atomic E-state index is 0.0157. The van der Waals surface area contributed by atoms with Gasteiger partial charge in [0.05, 0.1) is 16.6 Å². The van der Waals surface area contributed by atoms with Gasteiger partial charge >= 0.3 is 0 Å². The Morgan fingerprint density at radius 3 is 2.68 bits per heavy atom. The highest BCUT2D eigenvalue weighted by molar-refractivity contribution is 6.15. The molecule has 8 nitrogen and oxygen atoms in total. The van der Waals surface area contributed by atoms with Crippen LogP contribution in [0.15, 0.2) is 60.7 Å². The molecule has 1 aliphatic heterocycles. The number of carbonyl (C=O) groups excluding carboxylic acids is 2. The summed E-state index contributed by atoms with van der Waals surface area (Å²) in [5.74, 6) is -2.82. The van der Waals surface area contributed by atoms with Crippen molar-refractivity contribution in [3.05, 3.63) is 88.7 Å². The van der Waals surface area contributed by atoms with E-state index < -0.39 is 23.0 Å². The summed E-state index contributed by atoms with van der Waals surface area (Å²) in [4.78, 5) is 34.8. The zero-order chi connectivity index (χ0) is 23.8. The highest BCUT2D eigenvalue weighted by Gasteiger charge is 2.72. The van der Waals surface area contributed by atoms with Gasteiger partial charge in [0.1, 0.15) is 5.75 Å². The summed E-state index contributed by atoms with van der Waals surface area (Å²) < 4.78 is 6.09. The molecule has 2 unspecified atom stereocenters. The Labute approximate surface area is 194 Å². The molecule has 4 aromatic rings. The smallest absolute Gasteiger partial charge is 0.288 e. The third kappa shape index (κ3) is 2.43. The molecule has 6 rings (SSSR count). The summed E-state index contributed by atoms with van der Waals surface area (Å²) in [6, 6.07) is 17.4. The molecule has 0 saturated carbocycles. The number of benzene rings is 3. The number of anilines is 1. The molecule has 8 heteroatoms. The van der Waals surface area contributed by atoms with Gasteiger partial charge in [0, 0.05) is 16.8 Å². The zero-order valence-corrected chi connectivity index (χ0v) is 18.5. The second kappa shape index (κ2) is 6.68. The first-order valence-electron chi connectivity index (χ1n) is 11.0. The number of carbonyl (C=O) groups is 2. The Morgan fingerprint density at radius 1 is 1.12 bits per heavy atom. The number of nitrogens with one attached hydrogen (secondary N) is 2. The standard InChI is InChI=1S/C26H22N4O4/c1-13(2)14-10-11-15-20(12-14)34-26(33)16-6-5-7-17(27)21(16)22(31)25(15,26)30-24(32)23-28-18-8-3-4-9-19(18)29-23/h3-13,33H,27H2,1-2H3,(H,28,29)(H,30,32). The summed E-state index contributed by atoms with van der Waals surface area (Å²) in [5.41, 5.74) is 7.38. The van der Waals surface area contributed by atoms with E-state index in [0.29, 0.717) is 22.3 Å². The monoisotopic (exact) mass is 454 g/mol. The van der Waals surface area contributed by atoms with Crippen molar-refractivity contribution in [2.45, 2.75) is 31.1 Å². The molecule has 1 aliphatic carbocycles. The number of aromatic nitrogens is 2. The molecule has 0 spiro atoms. The van der Waals surface area contributed by atoms with E-state index in [9.17, 15) is 14.7 Å².